The largest absolute Gasteiger partial charge is 0.451 e. The molecule has 0 saturated carbocycles. The van der Waals surface area contributed by atoms with Gasteiger partial charge in [0.15, 0.2) is 4.77 Å². The highest BCUT2D eigenvalue weighted by atomic mass is 32.1. The fourth-order valence-electron chi connectivity index (χ4n) is 2.77. The molecule has 0 aliphatic carbocycles. The zero-order valence-electron chi connectivity index (χ0n) is 15.0. The van der Waals surface area contributed by atoms with Gasteiger partial charge in [-0.05, 0) is 37.2 Å². The van der Waals surface area contributed by atoms with Gasteiger partial charge < -0.3 is 4.98 Å². The van der Waals surface area contributed by atoms with Crippen LogP contribution in [-0.2, 0) is 17.5 Å². The zero-order valence-corrected chi connectivity index (χ0v) is 15.9. The summed E-state index contributed by atoms with van der Waals surface area (Å²) in [4.78, 5) is 30.5. The summed E-state index contributed by atoms with van der Waals surface area (Å²) in [5, 5.41) is 7.79. The highest BCUT2D eigenvalue weighted by molar-refractivity contribution is 7.71. The molecule has 0 aliphatic rings. The van der Waals surface area contributed by atoms with Crippen molar-refractivity contribution in [1.82, 2.24) is 24.7 Å². The van der Waals surface area contributed by atoms with Gasteiger partial charge in [0.05, 0.1) is 10.9 Å². The maximum absolute atomic E-state index is 12.5. The van der Waals surface area contributed by atoms with Crippen LogP contribution in [0.1, 0.15) is 31.5 Å². The zero-order chi connectivity index (χ0) is 21.0. The molecule has 1 aromatic carbocycles. The van der Waals surface area contributed by atoms with E-state index in [1.54, 1.807) is 23.3 Å². The van der Waals surface area contributed by atoms with Crippen LogP contribution in [0.15, 0.2) is 29.1 Å². The van der Waals surface area contributed by atoms with Gasteiger partial charge in [0.1, 0.15) is 0 Å². The first-order valence-electron chi connectivity index (χ1n) is 8.77. The maximum Gasteiger partial charge on any atom is 0.451 e. The Morgan fingerprint density at radius 3 is 2.69 bits per heavy atom. The molecule has 2 heterocycles. The number of hydrogen-bond donors (Lipinski definition) is 3. The van der Waals surface area contributed by atoms with Gasteiger partial charge in [-0.25, -0.2) is 0 Å². The number of fused-ring (bicyclic) bond motifs is 1. The summed E-state index contributed by atoms with van der Waals surface area (Å²) < 4.78 is 39.1. The van der Waals surface area contributed by atoms with E-state index in [0.717, 1.165) is 0 Å². The smallest absolute Gasteiger partial charge is 0.332 e. The third-order valence-corrected chi connectivity index (χ3v) is 4.50. The van der Waals surface area contributed by atoms with Crippen LogP contribution in [0.5, 0.6) is 0 Å². The number of hydrogen-bond acceptors (Lipinski definition) is 5. The minimum Gasteiger partial charge on any atom is -0.332 e. The van der Waals surface area contributed by atoms with Crippen molar-refractivity contribution in [2.24, 2.45) is 0 Å². The second kappa shape index (κ2) is 8.55. The number of carbonyl (C=O) groups excluding carboxylic acids is 1. The number of amides is 1. The van der Waals surface area contributed by atoms with Crippen LogP contribution in [0, 0.1) is 4.77 Å². The Morgan fingerprint density at radius 1 is 1.21 bits per heavy atom. The van der Waals surface area contributed by atoms with Gasteiger partial charge in [-0.3, -0.25) is 24.6 Å². The number of halogens is 3. The summed E-state index contributed by atoms with van der Waals surface area (Å²) >= 11 is 5.23. The number of nitrogens with zero attached hydrogens (tertiary/aromatic N) is 3. The van der Waals surface area contributed by atoms with E-state index in [2.05, 4.69) is 20.4 Å². The minimum atomic E-state index is -4.65. The average Bonchev–Trinajstić information content (AvgIpc) is 3.12. The summed E-state index contributed by atoms with van der Waals surface area (Å²) in [6.45, 7) is 0.399. The standard InChI is InChI=1S/C17H17F3N6O2S/c18-17(19,20)14-23-15(25-24-14)22-12(27)8-2-1-5-9-26-13(28)10-6-3-4-7-11(10)21-16(26)29/h3-4,6-7H,1-2,5,8-9H2,(H,21,29)(H2,22,23,24,25,27). The number of aromatic amines is 2. The first kappa shape index (κ1) is 20.7. The normalized spacial score (nSPS) is 11.7. The third kappa shape index (κ3) is 5.08. The number of rotatable bonds is 7. The van der Waals surface area contributed by atoms with Gasteiger partial charge >= 0.3 is 6.18 Å². The van der Waals surface area contributed by atoms with Crippen molar-refractivity contribution in [1.29, 1.82) is 0 Å². The number of anilines is 1. The molecule has 0 saturated heterocycles. The molecule has 0 spiro atoms. The van der Waals surface area contributed by atoms with E-state index in [9.17, 15) is 22.8 Å². The first-order valence-corrected chi connectivity index (χ1v) is 9.18. The van der Waals surface area contributed by atoms with Crippen molar-refractivity contribution in [3.63, 3.8) is 0 Å². The van der Waals surface area contributed by atoms with Gasteiger partial charge in [0, 0.05) is 13.0 Å². The average molecular weight is 426 g/mol. The molecule has 0 fully saturated rings. The monoisotopic (exact) mass is 426 g/mol. The van der Waals surface area contributed by atoms with E-state index in [-0.39, 0.29) is 12.0 Å². The molecule has 0 bridgehead atoms. The Kier molecular flexibility index (Phi) is 6.11. The van der Waals surface area contributed by atoms with Crippen molar-refractivity contribution >= 4 is 35.0 Å². The number of aromatic nitrogens is 5. The summed E-state index contributed by atoms with van der Waals surface area (Å²) in [6.07, 6.45) is -2.83. The second-order valence-corrected chi connectivity index (χ2v) is 6.68. The lowest BCUT2D eigenvalue weighted by Gasteiger charge is -2.08. The number of unbranched alkanes of at least 4 members (excludes halogenated alkanes) is 2. The van der Waals surface area contributed by atoms with Gasteiger partial charge in [-0.2, -0.15) is 18.2 Å². The van der Waals surface area contributed by atoms with Crippen molar-refractivity contribution in [2.75, 3.05) is 5.32 Å². The molecule has 0 unspecified atom stereocenters. The fourth-order valence-corrected chi connectivity index (χ4v) is 3.05. The molecule has 154 valence electrons. The molecule has 1 amide bonds. The first-order chi connectivity index (χ1) is 13.8. The van der Waals surface area contributed by atoms with Crippen LogP contribution >= 0.6 is 12.2 Å². The second-order valence-electron chi connectivity index (χ2n) is 6.30. The number of alkyl halides is 3. The fraction of sp³-hybridized carbons (Fsp3) is 0.353. The van der Waals surface area contributed by atoms with E-state index < -0.39 is 23.9 Å². The van der Waals surface area contributed by atoms with Crippen LogP contribution in [0.3, 0.4) is 0 Å². The van der Waals surface area contributed by atoms with Crippen LogP contribution in [0.25, 0.3) is 10.9 Å². The van der Waals surface area contributed by atoms with E-state index in [1.807, 2.05) is 6.07 Å². The van der Waals surface area contributed by atoms with Crippen molar-refractivity contribution in [3.8, 4) is 0 Å². The van der Waals surface area contributed by atoms with Crippen LogP contribution in [0.4, 0.5) is 19.1 Å². The Hall–Kier alpha value is -3.02. The quantitative estimate of drug-likeness (QED) is 0.396. The predicted molar refractivity (Wildman–Crippen MR) is 102 cm³/mol. The van der Waals surface area contributed by atoms with E-state index >= 15 is 0 Å². The summed E-state index contributed by atoms with van der Waals surface area (Å²) in [6, 6.07) is 7.08. The Morgan fingerprint density at radius 2 is 1.97 bits per heavy atom. The molecule has 3 N–H and O–H groups in total. The van der Waals surface area contributed by atoms with Gasteiger partial charge in [-0.1, -0.05) is 18.6 Å². The third-order valence-electron chi connectivity index (χ3n) is 4.18. The number of para-hydroxylation sites is 1. The minimum absolute atomic E-state index is 0.0926. The lowest BCUT2D eigenvalue weighted by atomic mass is 10.2. The molecular weight excluding hydrogens is 409 g/mol. The molecule has 3 rings (SSSR count). The van der Waals surface area contributed by atoms with Crippen LogP contribution in [0.2, 0.25) is 0 Å². The van der Waals surface area contributed by atoms with Crippen molar-refractivity contribution in [3.05, 3.63) is 45.2 Å². The van der Waals surface area contributed by atoms with E-state index in [0.29, 0.717) is 41.5 Å². The summed E-state index contributed by atoms with van der Waals surface area (Å²) in [5.41, 5.74) is 0.503. The van der Waals surface area contributed by atoms with Gasteiger partial charge in [-0.15, -0.1) is 5.10 Å². The topological polar surface area (TPSA) is 108 Å². The molecule has 0 atom stereocenters. The molecule has 3 aromatic rings. The SMILES string of the molecule is O=C(CCCCCn1c(=S)[nH]c2ccccc2c1=O)Nc1n[nH]c(C(F)(F)F)n1. The molecule has 8 nitrogen and oxygen atoms in total. The maximum atomic E-state index is 12.5. The predicted octanol–water partition coefficient (Wildman–Crippen LogP) is 3.40. The Bertz CT molecular complexity index is 1130. The number of benzene rings is 1. The van der Waals surface area contributed by atoms with Crippen molar-refractivity contribution < 1.29 is 18.0 Å². The summed E-state index contributed by atoms with van der Waals surface area (Å²) in [5.74, 6) is -2.18. The van der Waals surface area contributed by atoms with E-state index in [4.69, 9.17) is 12.2 Å². The highest BCUT2D eigenvalue weighted by Crippen LogP contribution is 2.26. The molecule has 2 aromatic heterocycles. The molecule has 12 heteroatoms. The van der Waals surface area contributed by atoms with Gasteiger partial charge in [0.2, 0.25) is 17.7 Å². The molecule has 0 aliphatic heterocycles. The van der Waals surface area contributed by atoms with E-state index in [1.165, 1.54) is 4.57 Å². The number of carbonyl (C=O) groups is 1. The Labute approximate surface area is 167 Å². The van der Waals surface area contributed by atoms with Crippen LogP contribution < -0.4 is 10.9 Å². The van der Waals surface area contributed by atoms with Gasteiger partial charge in [0.25, 0.3) is 5.56 Å². The van der Waals surface area contributed by atoms with Crippen molar-refractivity contribution in [2.45, 2.75) is 38.4 Å². The lowest BCUT2D eigenvalue weighted by Crippen LogP contribution is -2.22. The molecule has 29 heavy (non-hydrogen) atoms. The highest BCUT2D eigenvalue weighted by Gasteiger charge is 2.35. The summed E-state index contributed by atoms with van der Waals surface area (Å²) in [7, 11) is 0. The lowest BCUT2D eigenvalue weighted by molar-refractivity contribution is -0.144. The molecule has 0 radical (unpaired) electrons. The number of nitrogens with one attached hydrogen (secondary N) is 3. The number of H-pyrrole nitrogens is 2. The van der Waals surface area contributed by atoms with Crippen LogP contribution in [-0.4, -0.2) is 30.6 Å². The Balaban J connectivity index is 1.47. The molecular formula is C17H17F3N6O2S.